The van der Waals surface area contributed by atoms with Crippen LogP contribution in [-0.2, 0) is 6.18 Å². The van der Waals surface area contributed by atoms with Crippen LogP contribution in [0.4, 0.5) is 13.2 Å². The van der Waals surface area contributed by atoms with Crippen LogP contribution in [0.2, 0.25) is 0 Å². The highest BCUT2D eigenvalue weighted by atomic mass is 19.4. The summed E-state index contributed by atoms with van der Waals surface area (Å²) in [6.45, 7) is 1.43. The Bertz CT molecular complexity index is 884. The zero-order chi connectivity index (χ0) is 15.9. The molecule has 0 amide bonds. The molecule has 2 aromatic heterocycles. The maximum absolute atomic E-state index is 12.6. The van der Waals surface area contributed by atoms with E-state index >= 15 is 0 Å². The molecule has 1 aromatic carbocycles. The maximum Gasteiger partial charge on any atom is 0.453 e. The molecule has 3 aromatic rings. The van der Waals surface area contributed by atoms with E-state index in [4.69, 9.17) is 4.74 Å². The van der Waals surface area contributed by atoms with E-state index in [0.717, 1.165) is 4.52 Å². The Morgan fingerprint density at radius 1 is 1.23 bits per heavy atom. The Balaban J connectivity index is 2.14. The van der Waals surface area contributed by atoms with Gasteiger partial charge in [0.05, 0.1) is 5.69 Å². The van der Waals surface area contributed by atoms with Gasteiger partial charge in [0.25, 0.3) is 11.4 Å². The molecule has 0 atom stereocenters. The second kappa shape index (κ2) is 4.86. The molecule has 22 heavy (non-hydrogen) atoms. The van der Waals surface area contributed by atoms with Gasteiger partial charge in [0.2, 0.25) is 11.5 Å². The molecule has 0 saturated heterocycles. The monoisotopic (exact) mass is 310 g/mol. The van der Waals surface area contributed by atoms with Crippen LogP contribution in [0.15, 0.2) is 35.1 Å². The lowest BCUT2D eigenvalue weighted by Crippen LogP contribution is -2.15. The topological polar surface area (TPSA) is 72.3 Å². The van der Waals surface area contributed by atoms with Crippen LogP contribution in [-0.4, -0.2) is 19.6 Å². The van der Waals surface area contributed by atoms with Gasteiger partial charge in [-0.3, -0.25) is 9.78 Å². The number of nitrogens with zero attached hydrogens (tertiary/aromatic N) is 3. The van der Waals surface area contributed by atoms with Gasteiger partial charge in [0.1, 0.15) is 5.75 Å². The highest BCUT2D eigenvalue weighted by Gasteiger charge is 2.36. The van der Waals surface area contributed by atoms with Crippen LogP contribution in [0, 0.1) is 6.92 Å². The summed E-state index contributed by atoms with van der Waals surface area (Å²) in [5.41, 5.74) is -0.569. The van der Waals surface area contributed by atoms with Crippen LogP contribution in [0.5, 0.6) is 11.5 Å². The molecular formula is C13H9F3N4O2. The van der Waals surface area contributed by atoms with Crippen molar-refractivity contribution in [2.45, 2.75) is 13.1 Å². The van der Waals surface area contributed by atoms with E-state index in [-0.39, 0.29) is 17.2 Å². The third-order valence-corrected chi connectivity index (χ3v) is 2.90. The lowest BCUT2D eigenvalue weighted by Gasteiger charge is -2.08. The Morgan fingerprint density at radius 2 is 1.91 bits per heavy atom. The molecule has 0 unspecified atom stereocenters. The van der Waals surface area contributed by atoms with Crippen LogP contribution < -0.4 is 10.3 Å². The van der Waals surface area contributed by atoms with Crippen molar-refractivity contribution in [1.82, 2.24) is 19.6 Å². The minimum Gasteiger partial charge on any atom is -0.450 e. The number of rotatable bonds is 2. The molecule has 0 aliphatic heterocycles. The Kier molecular flexibility index (Phi) is 3.12. The number of H-pyrrole nitrogens is 1. The number of halogens is 3. The molecule has 9 heteroatoms. The standard InChI is InChI=1S/C13H9F3N4O2/c1-7-9(22-8-5-3-2-4-6-8)10(21)17-12-18-11(13(14,15)16)19-20(7)12/h2-6H,1H3,(H,17,18,19,21). The molecule has 0 fully saturated rings. The van der Waals surface area contributed by atoms with Crippen LogP contribution in [0.25, 0.3) is 5.78 Å². The Hall–Kier alpha value is -2.84. The molecule has 0 radical (unpaired) electrons. The minimum atomic E-state index is -4.70. The number of para-hydroxylation sites is 1. The Morgan fingerprint density at radius 3 is 2.55 bits per heavy atom. The first-order valence-corrected chi connectivity index (χ1v) is 6.16. The van der Waals surface area contributed by atoms with Gasteiger partial charge in [-0.25, -0.2) is 0 Å². The van der Waals surface area contributed by atoms with E-state index in [9.17, 15) is 18.0 Å². The second-order valence-electron chi connectivity index (χ2n) is 4.45. The molecule has 2 heterocycles. The molecule has 0 bridgehead atoms. The minimum absolute atomic E-state index is 0.116. The van der Waals surface area contributed by atoms with Gasteiger partial charge in [-0.2, -0.15) is 22.7 Å². The SMILES string of the molecule is Cc1c(Oc2ccccc2)c(=O)[nH]c2nc(C(F)(F)F)nn12. The van der Waals surface area contributed by atoms with Crippen LogP contribution in [0.3, 0.4) is 0 Å². The van der Waals surface area contributed by atoms with Crippen molar-refractivity contribution in [3.05, 3.63) is 52.2 Å². The summed E-state index contributed by atoms with van der Waals surface area (Å²) in [6.07, 6.45) is -4.70. The molecule has 1 N–H and O–H groups in total. The smallest absolute Gasteiger partial charge is 0.450 e. The molecule has 3 rings (SSSR count). The summed E-state index contributed by atoms with van der Waals surface area (Å²) in [7, 11) is 0. The van der Waals surface area contributed by atoms with Crippen molar-refractivity contribution in [3.8, 4) is 11.5 Å². The first kappa shape index (κ1) is 14.1. The lowest BCUT2D eigenvalue weighted by atomic mass is 10.3. The summed E-state index contributed by atoms with van der Waals surface area (Å²) >= 11 is 0. The van der Waals surface area contributed by atoms with Gasteiger partial charge in [-0.05, 0) is 19.1 Å². The highest BCUT2D eigenvalue weighted by Crippen LogP contribution is 2.27. The average molecular weight is 310 g/mol. The summed E-state index contributed by atoms with van der Waals surface area (Å²) < 4.78 is 44.3. The fourth-order valence-electron chi connectivity index (χ4n) is 1.89. The van der Waals surface area contributed by atoms with Crippen molar-refractivity contribution in [3.63, 3.8) is 0 Å². The Labute approximate surface area is 121 Å². The first-order chi connectivity index (χ1) is 10.4. The largest absolute Gasteiger partial charge is 0.453 e. The van der Waals surface area contributed by atoms with E-state index in [1.165, 1.54) is 6.92 Å². The predicted molar refractivity (Wildman–Crippen MR) is 69.9 cm³/mol. The molecule has 0 spiro atoms. The third kappa shape index (κ3) is 2.41. The summed E-state index contributed by atoms with van der Waals surface area (Å²) in [4.78, 5) is 17.5. The van der Waals surface area contributed by atoms with Gasteiger partial charge in [-0.15, -0.1) is 5.10 Å². The number of fused-ring (bicyclic) bond motifs is 1. The fraction of sp³-hybridized carbons (Fsp3) is 0.154. The van der Waals surface area contributed by atoms with Crippen LogP contribution >= 0.6 is 0 Å². The van der Waals surface area contributed by atoms with E-state index in [1.807, 2.05) is 0 Å². The van der Waals surface area contributed by atoms with Crippen LogP contribution in [0.1, 0.15) is 11.5 Å². The van der Waals surface area contributed by atoms with E-state index in [0.29, 0.717) is 5.75 Å². The van der Waals surface area contributed by atoms with Gasteiger partial charge in [-0.1, -0.05) is 18.2 Å². The number of hydrogen-bond acceptors (Lipinski definition) is 4. The number of aromatic amines is 1. The van der Waals surface area contributed by atoms with Gasteiger partial charge >= 0.3 is 6.18 Å². The number of ether oxygens (including phenoxy) is 1. The fourth-order valence-corrected chi connectivity index (χ4v) is 1.89. The number of hydrogen-bond donors (Lipinski definition) is 1. The van der Waals surface area contributed by atoms with Crippen molar-refractivity contribution in [2.75, 3.05) is 0 Å². The molecule has 114 valence electrons. The molecule has 0 saturated carbocycles. The number of benzene rings is 1. The zero-order valence-electron chi connectivity index (χ0n) is 11.2. The number of alkyl halides is 3. The van der Waals surface area contributed by atoms with Gasteiger partial charge < -0.3 is 4.74 Å². The second-order valence-corrected chi connectivity index (χ2v) is 4.45. The summed E-state index contributed by atoms with van der Waals surface area (Å²) in [5.74, 6) is -1.39. The molecule has 0 aliphatic rings. The number of aromatic nitrogens is 4. The van der Waals surface area contributed by atoms with Crippen molar-refractivity contribution in [1.29, 1.82) is 0 Å². The lowest BCUT2D eigenvalue weighted by molar-refractivity contribution is -0.144. The molecular weight excluding hydrogens is 301 g/mol. The molecule has 0 aliphatic carbocycles. The summed E-state index contributed by atoms with van der Waals surface area (Å²) in [6, 6.07) is 8.40. The van der Waals surface area contributed by atoms with Crippen molar-refractivity contribution >= 4 is 5.78 Å². The van der Waals surface area contributed by atoms with Gasteiger partial charge in [0.15, 0.2) is 0 Å². The highest BCUT2D eigenvalue weighted by molar-refractivity contribution is 5.38. The number of nitrogens with one attached hydrogen (secondary N) is 1. The maximum atomic E-state index is 12.6. The molecule has 6 nitrogen and oxygen atoms in total. The normalized spacial score (nSPS) is 11.8. The van der Waals surface area contributed by atoms with E-state index in [2.05, 4.69) is 15.1 Å². The first-order valence-electron chi connectivity index (χ1n) is 6.16. The third-order valence-electron chi connectivity index (χ3n) is 2.90. The van der Waals surface area contributed by atoms with E-state index < -0.39 is 17.6 Å². The van der Waals surface area contributed by atoms with Crippen molar-refractivity contribution < 1.29 is 17.9 Å². The van der Waals surface area contributed by atoms with Gasteiger partial charge in [0, 0.05) is 0 Å². The predicted octanol–water partition coefficient (Wildman–Crippen LogP) is 2.54. The zero-order valence-corrected chi connectivity index (χ0v) is 11.2. The number of aryl methyl sites for hydroxylation is 1. The van der Waals surface area contributed by atoms with E-state index in [1.54, 1.807) is 30.3 Å². The van der Waals surface area contributed by atoms with Crippen molar-refractivity contribution in [2.24, 2.45) is 0 Å². The summed E-state index contributed by atoms with van der Waals surface area (Å²) in [5, 5.41) is 3.36. The average Bonchev–Trinajstić information content (AvgIpc) is 2.89. The quantitative estimate of drug-likeness (QED) is 0.789.